The Bertz CT molecular complexity index is 657. The molecule has 1 N–H and O–H groups in total. The Kier molecular flexibility index (Phi) is 4.52. The number of fused-ring (bicyclic) bond motifs is 1. The average molecular weight is 331 g/mol. The zero-order chi connectivity index (χ0) is 17.3. The number of aliphatic carboxylic acids is 1. The van der Waals surface area contributed by atoms with E-state index in [-0.39, 0.29) is 11.8 Å². The largest absolute Gasteiger partial charge is 0.497 e. The number of nitrogens with zero attached hydrogens (tertiary/aromatic N) is 1. The summed E-state index contributed by atoms with van der Waals surface area (Å²) in [5, 5.41) is 9.32. The lowest BCUT2D eigenvalue weighted by Crippen LogP contribution is -2.35. The van der Waals surface area contributed by atoms with Crippen molar-refractivity contribution in [1.82, 2.24) is 4.90 Å². The second-order valence-corrected chi connectivity index (χ2v) is 7.29. The smallest absolute Gasteiger partial charge is 0.311 e. The number of carbonyl (C=O) groups is 2. The maximum atomic E-state index is 12.7. The highest BCUT2D eigenvalue weighted by Gasteiger charge is 2.42. The quantitative estimate of drug-likeness (QED) is 0.921. The van der Waals surface area contributed by atoms with Crippen molar-refractivity contribution in [2.24, 2.45) is 5.41 Å². The fourth-order valence-corrected chi connectivity index (χ4v) is 3.92. The Morgan fingerprint density at radius 1 is 1.42 bits per heavy atom. The van der Waals surface area contributed by atoms with Crippen LogP contribution in [0.4, 0.5) is 0 Å². The second-order valence-electron chi connectivity index (χ2n) is 7.29. The highest BCUT2D eigenvalue weighted by atomic mass is 16.5. The van der Waals surface area contributed by atoms with Crippen molar-refractivity contribution in [3.05, 3.63) is 29.3 Å². The standard InChI is InChI=1S/C19H25NO4/c1-19(18(22)23)8-9-20(12-19)17(21)11-14-5-3-4-13-10-15(24-2)6-7-16(13)14/h6-7,10,14H,3-5,8-9,11-12H2,1-2H3,(H,22,23). The van der Waals surface area contributed by atoms with E-state index in [0.29, 0.717) is 25.9 Å². The van der Waals surface area contributed by atoms with Crippen LogP contribution in [-0.4, -0.2) is 42.1 Å². The minimum atomic E-state index is -0.812. The summed E-state index contributed by atoms with van der Waals surface area (Å²) in [5.74, 6) is 0.350. The van der Waals surface area contributed by atoms with Gasteiger partial charge in [-0.1, -0.05) is 6.07 Å². The van der Waals surface area contributed by atoms with E-state index in [4.69, 9.17) is 4.74 Å². The Hall–Kier alpha value is -2.04. The first kappa shape index (κ1) is 16.8. The van der Waals surface area contributed by atoms with E-state index in [9.17, 15) is 14.7 Å². The Labute approximate surface area is 142 Å². The van der Waals surface area contributed by atoms with Gasteiger partial charge in [0, 0.05) is 19.5 Å². The summed E-state index contributed by atoms with van der Waals surface area (Å²) in [4.78, 5) is 25.7. The van der Waals surface area contributed by atoms with Crippen LogP contribution < -0.4 is 4.74 Å². The summed E-state index contributed by atoms with van der Waals surface area (Å²) in [6.45, 7) is 2.60. The minimum Gasteiger partial charge on any atom is -0.497 e. The number of benzene rings is 1. The van der Waals surface area contributed by atoms with Crippen molar-refractivity contribution in [2.45, 2.75) is 44.9 Å². The average Bonchev–Trinajstić information content (AvgIpc) is 2.98. The van der Waals surface area contributed by atoms with Gasteiger partial charge < -0.3 is 14.7 Å². The molecule has 1 saturated heterocycles. The second kappa shape index (κ2) is 6.46. The number of aryl methyl sites for hydroxylation is 1. The lowest BCUT2D eigenvalue weighted by molar-refractivity contribution is -0.147. The van der Waals surface area contributed by atoms with Crippen LogP contribution in [0.2, 0.25) is 0 Å². The van der Waals surface area contributed by atoms with Gasteiger partial charge in [-0.2, -0.15) is 0 Å². The molecule has 5 nitrogen and oxygen atoms in total. The van der Waals surface area contributed by atoms with Gasteiger partial charge in [0.15, 0.2) is 0 Å². The van der Waals surface area contributed by atoms with Crippen molar-refractivity contribution in [3.8, 4) is 5.75 Å². The highest BCUT2D eigenvalue weighted by molar-refractivity contribution is 5.81. The molecule has 0 saturated carbocycles. The molecule has 0 spiro atoms. The van der Waals surface area contributed by atoms with Crippen LogP contribution in [0.15, 0.2) is 18.2 Å². The van der Waals surface area contributed by atoms with E-state index >= 15 is 0 Å². The van der Waals surface area contributed by atoms with Crippen LogP contribution in [0.5, 0.6) is 5.75 Å². The van der Waals surface area contributed by atoms with Gasteiger partial charge in [-0.15, -0.1) is 0 Å². The minimum absolute atomic E-state index is 0.0774. The number of hydrogen-bond donors (Lipinski definition) is 1. The number of carboxylic acid groups (broad SMARTS) is 1. The molecule has 24 heavy (non-hydrogen) atoms. The molecule has 1 aliphatic heterocycles. The molecule has 0 radical (unpaired) electrons. The zero-order valence-corrected chi connectivity index (χ0v) is 14.4. The monoisotopic (exact) mass is 331 g/mol. The normalized spacial score (nSPS) is 26.1. The van der Waals surface area contributed by atoms with Gasteiger partial charge in [-0.25, -0.2) is 0 Å². The van der Waals surface area contributed by atoms with Crippen LogP contribution in [0.25, 0.3) is 0 Å². The molecular formula is C19H25NO4. The number of rotatable bonds is 4. The summed E-state index contributed by atoms with van der Waals surface area (Å²) in [6, 6.07) is 6.11. The maximum absolute atomic E-state index is 12.7. The summed E-state index contributed by atoms with van der Waals surface area (Å²) >= 11 is 0. The SMILES string of the molecule is COc1ccc2c(c1)CCCC2CC(=O)N1CCC(C)(C(=O)O)C1. The first-order valence-electron chi connectivity index (χ1n) is 8.61. The van der Waals surface area contributed by atoms with E-state index in [0.717, 1.165) is 25.0 Å². The predicted molar refractivity (Wildman–Crippen MR) is 90.2 cm³/mol. The van der Waals surface area contributed by atoms with Crippen molar-refractivity contribution in [1.29, 1.82) is 0 Å². The Morgan fingerprint density at radius 2 is 2.21 bits per heavy atom. The molecule has 3 rings (SSSR count). The van der Waals surface area contributed by atoms with Gasteiger partial charge in [0.1, 0.15) is 5.75 Å². The van der Waals surface area contributed by atoms with Gasteiger partial charge in [-0.3, -0.25) is 9.59 Å². The maximum Gasteiger partial charge on any atom is 0.311 e. The van der Waals surface area contributed by atoms with Gasteiger partial charge >= 0.3 is 5.97 Å². The third kappa shape index (κ3) is 3.12. The van der Waals surface area contributed by atoms with Crippen LogP contribution in [-0.2, 0) is 16.0 Å². The van der Waals surface area contributed by atoms with E-state index in [1.165, 1.54) is 11.1 Å². The van der Waals surface area contributed by atoms with Crippen molar-refractivity contribution < 1.29 is 19.4 Å². The fourth-order valence-electron chi connectivity index (χ4n) is 3.92. The fraction of sp³-hybridized carbons (Fsp3) is 0.579. The van der Waals surface area contributed by atoms with Crippen LogP contribution in [0.3, 0.4) is 0 Å². The number of hydrogen-bond acceptors (Lipinski definition) is 3. The van der Waals surface area contributed by atoms with Gasteiger partial charge in [0.25, 0.3) is 0 Å². The molecule has 2 atom stereocenters. The number of carboxylic acids is 1. The van der Waals surface area contributed by atoms with Gasteiger partial charge in [-0.05, 0) is 61.8 Å². The van der Waals surface area contributed by atoms with Crippen molar-refractivity contribution in [2.75, 3.05) is 20.2 Å². The molecule has 2 aliphatic rings. The van der Waals surface area contributed by atoms with Gasteiger partial charge in [0.2, 0.25) is 5.91 Å². The third-order valence-corrected chi connectivity index (χ3v) is 5.55. The predicted octanol–water partition coefficient (Wildman–Crippen LogP) is 2.83. The number of amides is 1. The summed E-state index contributed by atoms with van der Waals surface area (Å²) in [5.41, 5.74) is 1.72. The molecule has 130 valence electrons. The number of likely N-dealkylation sites (tertiary alicyclic amines) is 1. The molecule has 1 fully saturated rings. The molecule has 1 aromatic carbocycles. The highest BCUT2D eigenvalue weighted by Crippen LogP contribution is 2.37. The van der Waals surface area contributed by atoms with Crippen LogP contribution >= 0.6 is 0 Å². The van der Waals surface area contributed by atoms with Gasteiger partial charge in [0.05, 0.1) is 12.5 Å². The number of ether oxygens (including phenoxy) is 1. The van der Waals surface area contributed by atoms with Crippen molar-refractivity contribution in [3.63, 3.8) is 0 Å². The first-order valence-corrected chi connectivity index (χ1v) is 8.61. The number of methoxy groups -OCH3 is 1. The molecular weight excluding hydrogens is 306 g/mol. The van der Waals surface area contributed by atoms with E-state index in [2.05, 4.69) is 12.1 Å². The molecule has 1 aromatic rings. The summed E-state index contributed by atoms with van der Waals surface area (Å²) in [7, 11) is 1.67. The zero-order valence-electron chi connectivity index (χ0n) is 14.4. The summed E-state index contributed by atoms with van der Waals surface area (Å²) in [6.07, 6.45) is 4.11. The van der Waals surface area contributed by atoms with E-state index < -0.39 is 11.4 Å². The molecule has 0 bridgehead atoms. The molecule has 2 unspecified atom stereocenters. The summed E-state index contributed by atoms with van der Waals surface area (Å²) < 4.78 is 5.29. The lowest BCUT2D eigenvalue weighted by atomic mass is 9.80. The molecule has 1 amide bonds. The van der Waals surface area contributed by atoms with E-state index in [1.807, 2.05) is 6.07 Å². The first-order chi connectivity index (χ1) is 11.4. The third-order valence-electron chi connectivity index (χ3n) is 5.55. The molecule has 1 heterocycles. The van der Waals surface area contributed by atoms with Crippen LogP contribution in [0.1, 0.15) is 49.7 Å². The molecule has 5 heteroatoms. The Morgan fingerprint density at radius 3 is 2.88 bits per heavy atom. The lowest BCUT2D eigenvalue weighted by Gasteiger charge is -2.27. The topological polar surface area (TPSA) is 66.8 Å². The van der Waals surface area contributed by atoms with Crippen LogP contribution in [0, 0.1) is 5.41 Å². The number of carbonyl (C=O) groups excluding carboxylic acids is 1. The molecule has 0 aromatic heterocycles. The van der Waals surface area contributed by atoms with Crippen molar-refractivity contribution >= 4 is 11.9 Å². The molecule has 1 aliphatic carbocycles. The van der Waals surface area contributed by atoms with E-state index in [1.54, 1.807) is 18.9 Å². The Balaban J connectivity index is 1.69.